The molecule has 0 radical (unpaired) electrons. The number of halogens is 1. The molecular formula is C28H28FN5O3. The number of hydrogen-bond donors (Lipinski definition) is 3. The molecule has 0 aliphatic heterocycles. The predicted octanol–water partition coefficient (Wildman–Crippen LogP) is 2.36. The number of benzene rings is 2. The quantitative estimate of drug-likeness (QED) is 0.321. The summed E-state index contributed by atoms with van der Waals surface area (Å²) in [6, 6.07) is 11.9. The fourth-order valence-corrected chi connectivity index (χ4v) is 3.95. The van der Waals surface area contributed by atoms with Crippen molar-refractivity contribution < 1.29 is 9.18 Å². The SMILES string of the molecule is CCCNn1cnc(/C=c2\[nH]c(=O)/c(=C/c3cccc(C(=O)c4ccc(F)cc4)c3)[nH]c2=O)c1C(C)C. The molecule has 0 spiro atoms. The molecule has 0 fully saturated rings. The lowest BCUT2D eigenvalue weighted by molar-refractivity contribution is 0.103. The Morgan fingerprint density at radius 1 is 1.03 bits per heavy atom. The van der Waals surface area contributed by atoms with E-state index < -0.39 is 16.9 Å². The van der Waals surface area contributed by atoms with Crippen LogP contribution in [-0.2, 0) is 0 Å². The number of aromatic nitrogens is 4. The number of nitrogens with one attached hydrogen (secondary N) is 3. The van der Waals surface area contributed by atoms with Gasteiger partial charge in [0.25, 0.3) is 11.1 Å². The molecule has 0 aliphatic rings. The monoisotopic (exact) mass is 501 g/mol. The normalized spacial score (nSPS) is 12.4. The summed E-state index contributed by atoms with van der Waals surface area (Å²) in [6.45, 7) is 6.89. The second kappa shape index (κ2) is 11.0. The van der Waals surface area contributed by atoms with Crippen LogP contribution >= 0.6 is 0 Å². The molecule has 37 heavy (non-hydrogen) atoms. The fourth-order valence-electron chi connectivity index (χ4n) is 3.95. The number of hydrogen-bond acceptors (Lipinski definition) is 5. The summed E-state index contributed by atoms with van der Waals surface area (Å²) in [4.78, 5) is 48.1. The summed E-state index contributed by atoms with van der Waals surface area (Å²) in [7, 11) is 0. The summed E-state index contributed by atoms with van der Waals surface area (Å²) >= 11 is 0. The van der Waals surface area contributed by atoms with Crippen LogP contribution in [0.1, 0.15) is 66.0 Å². The molecule has 0 bridgehead atoms. The molecule has 9 heteroatoms. The minimum absolute atomic E-state index is 0.0488. The van der Waals surface area contributed by atoms with Crippen molar-refractivity contribution in [3.8, 4) is 0 Å². The van der Waals surface area contributed by atoms with Gasteiger partial charge in [0, 0.05) is 17.7 Å². The molecule has 0 saturated heterocycles. The Morgan fingerprint density at radius 2 is 1.70 bits per heavy atom. The van der Waals surface area contributed by atoms with Crippen LogP contribution in [0.5, 0.6) is 0 Å². The first-order chi connectivity index (χ1) is 17.8. The van der Waals surface area contributed by atoms with E-state index in [0.717, 1.165) is 18.7 Å². The first kappa shape index (κ1) is 25.6. The summed E-state index contributed by atoms with van der Waals surface area (Å²) in [6.07, 6.45) is 5.66. The first-order valence-corrected chi connectivity index (χ1v) is 12.0. The molecule has 190 valence electrons. The van der Waals surface area contributed by atoms with E-state index in [1.54, 1.807) is 36.7 Å². The first-order valence-electron chi connectivity index (χ1n) is 12.0. The Bertz CT molecular complexity index is 1660. The van der Waals surface area contributed by atoms with Gasteiger partial charge in [0.15, 0.2) is 5.78 Å². The maximum Gasteiger partial charge on any atom is 0.272 e. The maximum absolute atomic E-state index is 13.2. The van der Waals surface area contributed by atoms with Gasteiger partial charge in [-0.1, -0.05) is 39.0 Å². The van der Waals surface area contributed by atoms with Gasteiger partial charge in [-0.2, -0.15) is 0 Å². The summed E-state index contributed by atoms with van der Waals surface area (Å²) in [5.41, 5.74) is 5.05. The zero-order valence-corrected chi connectivity index (χ0v) is 20.8. The lowest BCUT2D eigenvalue weighted by Gasteiger charge is -2.13. The average molecular weight is 502 g/mol. The van der Waals surface area contributed by atoms with Gasteiger partial charge in [0.2, 0.25) is 0 Å². The second-order valence-electron chi connectivity index (χ2n) is 8.93. The number of imidazole rings is 1. The van der Waals surface area contributed by atoms with Crippen molar-refractivity contribution in [2.75, 3.05) is 12.0 Å². The summed E-state index contributed by atoms with van der Waals surface area (Å²) in [5.74, 6) is -0.581. The largest absolute Gasteiger partial charge is 0.325 e. The standard InChI is InChI=1S/C28H28FN5O3/c1-4-12-31-34-16-30-22(25(34)17(2)3)15-24-28(37)32-23(27(36)33-24)14-18-6-5-7-20(13-18)26(35)19-8-10-21(29)11-9-19/h5-11,13-17,31H,4,12H2,1-3H3,(H,32,37)(H,33,36)/b23-14-,24-15-. The van der Waals surface area contributed by atoms with Gasteiger partial charge < -0.3 is 15.4 Å². The van der Waals surface area contributed by atoms with Gasteiger partial charge in [-0.15, -0.1) is 0 Å². The van der Waals surface area contributed by atoms with Gasteiger partial charge in [-0.3, -0.25) is 19.1 Å². The van der Waals surface area contributed by atoms with Crippen molar-refractivity contribution in [2.24, 2.45) is 0 Å². The van der Waals surface area contributed by atoms with Crippen LogP contribution in [0.25, 0.3) is 12.2 Å². The van der Waals surface area contributed by atoms with Gasteiger partial charge >= 0.3 is 0 Å². The second-order valence-corrected chi connectivity index (χ2v) is 8.93. The molecule has 0 amide bonds. The number of rotatable bonds is 8. The summed E-state index contributed by atoms with van der Waals surface area (Å²) in [5, 5.41) is 0.137. The molecule has 0 atom stereocenters. The van der Waals surface area contributed by atoms with Crippen LogP contribution in [0.3, 0.4) is 0 Å². The van der Waals surface area contributed by atoms with E-state index in [-0.39, 0.29) is 22.4 Å². The number of carbonyl (C=O) groups excluding carboxylic acids is 1. The van der Waals surface area contributed by atoms with Crippen molar-refractivity contribution in [1.29, 1.82) is 0 Å². The van der Waals surface area contributed by atoms with Gasteiger partial charge in [-0.25, -0.2) is 9.37 Å². The molecule has 2 aromatic heterocycles. The zero-order chi connectivity index (χ0) is 26.5. The van der Waals surface area contributed by atoms with E-state index >= 15 is 0 Å². The molecule has 0 unspecified atom stereocenters. The Kier molecular flexibility index (Phi) is 7.62. The number of ketones is 1. The topological polar surface area (TPSA) is 113 Å². The molecule has 4 rings (SSSR count). The van der Waals surface area contributed by atoms with E-state index in [2.05, 4.69) is 27.3 Å². The van der Waals surface area contributed by atoms with Crippen molar-refractivity contribution in [2.45, 2.75) is 33.1 Å². The van der Waals surface area contributed by atoms with E-state index in [9.17, 15) is 18.8 Å². The maximum atomic E-state index is 13.2. The Balaban J connectivity index is 1.70. The van der Waals surface area contributed by atoms with Crippen LogP contribution in [-0.4, -0.2) is 32.0 Å². The molecule has 2 aromatic carbocycles. The highest BCUT2D eigenvalue weighted by molar-refractivity contribution is 6.09. The van der Waals surface area contributed by atoms with E-state index in [1.165, 1.54) is 30.3 Å². The number of nitrogens with zero attached hydrogens (tertiary/aromatic N) is 2. The zero-order valence-electron chi connectivity index (χ0n) is 20.8. The third kappa shape index (κ3) is 5.83. The highest BCUT2D eigenvalue weighted by Gasteiger charge is 2.13. The molecular weight excluding hydrogens is 473 g/mol. The summed E-state index contributed by atoms with van der Waals surface area (Å²) < 4.78 is 15.0. The minimum atomic E-state index is -0.490. The molecule has 2 heterocycles. The molecule has 0 aliphatic carbocycles. The number of carbonyl (C=O) groups is 1. The third-order valence-corrected chi connectivity index (χ3v) is 5.75. The van der Waals surface area contributed by atoms with Crippen LogP contribution in [0, 0.1) is 5.82 Å². The highest BCUT2D eigenvalue weighted by Crippen LogP contribution is 2.18. The minimum Gasteiger partial charge on any atom is -0.325 e. The molecule has 4 aromatic rings. The van der Waals surface area contributed by atoms with Gasteiger partial charge in [0.1, 0.15) is 22.8 Å². The van der Waals surface area contributed by atoms with E-state index in [0.29, 0.717) is 22.4 Å². The Morgan fingerprint density at radius 3 is 2.35 bits per heavy atom. The highest BCUT2D eigenvalue weighted by atomic mass is 19.1. The Hall–Kier alpha value is -4.53. The van der Waals surface area contributed by atoms with Crippen LogP contribution in [0.2, 0.25) is 0 Å². The fraction of sp³-hybridized carbons (Fsp3) is 0.214. The Labute approximate surface area is 212 Å². The van der Waals surface area contributed by atoms with Gasteiger partial charge in [-0.05, 0) is 60.4 Å². The number of aromatic amines is 2. The van der Waals surface area contributed by atoms with Crippen molar-refractivity contribution in [1.82, 2.24) is 19.6 Å². The number of H-pyrrole nitrogens is 2. The predicted molar refractivity (Wildman–Crippen MR) is 141 cm³/mol. The third-order valence-electron chi connectivity index (χ3n) is 5.75. The molecule has 3 N–H and O–H groups in total. The van der Waals surface area contributed by atoms with Gasteiger partial charge in [0.05, 0.1) is 11.4 Å². The molecule has 8 nitrogen and oxygen atoms in total. The van der Waals surface area contributed by atoms with Crippen molar-refractivity contribution in [3.05, 3.63) is 120 Å². The van der Waals surface area contributed by atoms with Crippen LogP contribution in [0.4, 0.5) is 4.39 Å². The van der Waals surface area contributed by atoms with E-state index in [4.69, 9.17) is 0 Å². The lowest BCUT2D eigenvalue weighted by Crippen LogP contribution is -2.46. The van der Waals surface area contributed by atoms with Crippen LogP contribution in [0.15, 0.2) is 64.4 Å². The lowest BCUT2D eigenvalue weighted by atomic mass is 10.0. The van der Waals surface area contributed by atoms with Crippen molar-refractivity contribution >= 4 is 17.9 Å². The average Bonchev–Trinajstić information content (AvgIpc) is 3.28. The van der Waals surface area contributed by atoms with E-state index in [1.807, 2.05) is 18.5 Å². The van der Waals surface area contributed by atoms with Crippen LogP contribution < -0.4 is 27.2 Å². The van der Waals surface area contributed by atoms with Crippen molar-refractivity contribution in [3.63, 3.8) is 0 Å². The molecule has 0 saturated carbocycles. The smallest absolute Gasteiger partial charge is 0.272 e.